The smallest absolute Gasteiger partial charge is 0.338 e. The number of nitrogens with one attached hydrogen (secondary N) is 1. The van der Waals surface area contributed by atoms with Gasteiger partial charge in [-0.15, -0.1) is 0 Å². The predicted octanol–water partition coefficient (Wildman–Crippen LogP) is 5.53. The molecule has 0 saturated heterocycles. The van der Waals surface area contributed by atoms with Crippen LogP contribution in [0.2, 0.25) is 0 Å². The van der Waals surface area contributed by atoms with Gasteiger partial charge in [-0.3, -0.25) is 14.5 Å². The summed E-state index contributed by atoms with van der Waals surface area (Å²) in [7, 11) is 0. The number of hydrogen-bond donors (Lipinski definition) is 1. The number of rotatable bonds is 6. The van der Waals surface area contributed by atoms with Crippen molar-refractivity contribution in [3.05, 3.63) is 83.7 Å². The first-order valence-electron chi connectivity index (χ1n) is 10.9. The Morgan fingerprint density at radius 2 is 1.76 bits per heavy atom. The number of esters is 1. The molecule has 1 aliphatic rings. The average molecular weight is 479 g/mol. The Bertz CT molecular complexity index is 1250. The van der Waals surface area contributed by atoms with Crippen molar-refractivity contribution < 1.29 is 23.5 Å². The molecular weight excluding hydrogens is 455 g/mol. The molecule has 6 nitrogen and oxygen atoms in total. The molecule has 3 aromatic carbocycles. The lowest BCUT2D eigenvalue weighted by Gasteiger charge is -2.30. The van der Waals surface area contributed by atoms with Crippen LogP contribution in [0.4, 0.5) is 15.8 Å². The average Bonchev–Trinajstić information content (AvgIpc) is 2.95. The Hall–Kier alpha value is -3.65. The third kappa shape index (κ3) is 4.68. The Kier molecular flexibility index (Phi) is 6.98. The summed E-state index contributed by atoms with van der Waals surface area (Å²) in [5, 5.41) is 2.77. The lowest BCUT2D eigenvalue weighted by molar-refractivity contribution is -0.117. The molecule has 1 heterocycles. The maximum absolute atomic E-state index is 13.8. The topological polar surface area (TPSA) is 75.7 Å². The third-order valence-electron chi connectivity index (χ3n) is 5.40. The van der Waals surface area contributed by atoms with Gasteiger partial charge in [-0.2, -0.15) is 0 Å². The largest absolute Gasteiger partial charge is 0.462 e. The zero-order valence-electron chi connectivity index (χ0n) is 18.7. The molecule has 1 atom stereocenters. The molecule has 0 saturated carbocycles. The van der Waals surface area contributed by atoms with E-state index in [2.05, 4.69) is 5.32 Å². The van der Waals surface area contributed by atoms with Gasteiger partial charge in [-0.1, -0.05) is 30.8 Å². The molecule has 0 radical (unpaired) electrons. The summed E-state index contributed by atoms with van der Waals surface area (Å²) in [6, 6.07) is 16.8. The van der Waals surface area contributed by atoms with Crippen LogP contribution in [0.25, 0.3) is 0 Å². The summed E-state index contributed by atoms with van der Waals surface area (Å²) < 4.78 is 18.4. The van der Waals surface area contributed by atoms with Gasteiger partial charge in [-0.05, 0) is 67.9 Å². The van der Waals surface area contributed by atoms with Gasteiger partial charge in [0, 0.05) is 15.5 Å². The molecule has 0 fully saturated rings. The number of nitrogens with zero attached hydrogens (tertiary/aromatic N) is 1. The Balaban J connectivity index is 1.80. The molecule has 0 bridgehead atoms. The first kappa shape index (κ1) is 23.5. The van der Waals surface area contributed by atoms with Gasteiger partial charge in [0.1, 0.15) is 11.9 Å². The van der Waals surface area contributed by atoms with E-state index in [9.17, 15) is 18.8 Å². The number of carbonyl (C=O) groups excluding carboxylic acids is 3. The van der Waals surface area contributed by atoms with E-state index in [0.717, 1.165) is 9.79 Å². The maximum atomic E-state index is 13.8. The summed E-state index contributed by atoms with van der Waals surface area (Å²) in [5.74, 6) is -1.68. The highest BCUT2D eigenvalue weighted by atomic mass is 32.2. The van der Waals surface area contributed by atoms with E-state index in [1.165, 1.54) is 40.9 Å². The zero-order valence-corrected chi connectivity index (χ0v) is 19.5. The van der Waals surface area contributed by atoms with E-state index >= 15 is 0 Å². The van der Waals surface area contributed by atoms with Crippen LogP contribution >= 0.6 is 11.8 Å². The second-order valence-corrected chi connectivity index (χ2v) is 8.68. The van der Waals surface area contributed by atoms with Crippen LogP contribution in [0.1, 0.15) is 41.0 Å². The fraction of sp³-hybridized carbons (Fsp3) is 0.192. The van der Waals surface area contributed by atoms with Crippen LogP contribution in [0.15, 0.2) is 76.5 Å². The SMILES string of the molecule is CCOC(=O)c1ccc2c(c1)N([C@H](CC)C(=O)Nc1ccc(F)cc1)C(=O)c1ccccc1S2. The zero-order chi connectivity index (χ0) is 24.2. The quantitative estimate of drug-likeness (QED) is 0.472. The van der Waals surface area contributed by atoms with E-state index in [0.29, 0.717) is 28.9 Å². The number of fused-ring (bicyclic) bond motifs is 2. The molecule has 4 rings (SSSR count). The number of halogens is 1. The molecule has 0 spiro atoms. The Labute approximate surface area is 201 Å². The molecule has 1 N–H and O–H groups in total. The highest BCUT2D eigenvalue weighted by Crippen LogP contribution is 2.43. The number of carbonyl (C=O) groups is 3. The van der Waals surface area contributed by atoms with Crippen LogP contribution in [-0.4, -0.2) is 30.4 Å². The molecule has 2 amide bonds. The maximum Gasteiger partial charge on any atom is 0.338 e. The monoisotopic (exact) mass is 478 g/mol. The van der Waals surface area contributed by atoms with E-state index in [4.69, 9.17) is 4.74 Å². The molecule has 34 heavy (non-hydrogen) atoms. The third-order valence-corrected chi connectivity index (χ3v) is 6.54. The lowest BCUT2D eigenvalue weighted by atomic mass is 10.1. The van der Waals surface area contributed by atoms with E-state index in [1.807, 2.05) is 12.1 Å². The second-order valence-electron chi connectivity index (χ2n) is 7.60. The second kappa shape index (κ2) is 10.1. The van der Waals surface area contributed by atoms with Gasteiger partial charge in [0.2, 0.25) is 5.91 Å². The van der Waals surface area contributed by atoms with Crippen LogP contribution < -0.4 is 10.2 Å². The van der Waals surface area contributed by atoms with Crippen LogP contribution in [0.3, 0.4) is 0 Å². The molecule has 3 aromatic rings. The minimum Gasteiger partial charge on any atom is -0.462 e. The molecule has 8 heteroatoms. The van der Waals surface area contributed by atoms with Crippen molar-refractivity contribution in [1.29, 1.82) is 0 Å². The van der Waals surface area contributed by atoms with Crippen LogP contribution in [-0.2, 0) is 9.53 Å². The first-order chi connectivity index (χ1) is 16.4. The highest BCUT2D eigenvalue weighted by molar-refractivity contribution is 7.99. The molecule has 0 aromatic heterocycles. The first-order valence-corrected chi connectivity index (χ1v) is 11.7. The predicted molar refractivity (Wildman–Crippen MR) is 129 cm³/mol. The highest BCUT2D eigenvalue weighted by Gasteiger charge is 2.36. The van der Waals surface area contributed by atoms with Gasteiger partial charge in [0.05, 0.1) is 23.4 Å². The molecule has 174 valence electrons. The van der Waals surface area contributed by atoms with Crippen molar-refractivity contribution in [2.75, 3.05) is 16.8 Å². The summed E-state index contributed by atoms with van der Waals surface area (Å²) in [6.07, 6.45) is 0.314. The Morgan fingerprint density at radius 1 is 1.03 bits per heavy atom. The minimum atomic E-state index is -0.875. The lowest BCUT2D eigenvalue weighted by Crippen LogP contribution is -2.47. The van der Waals surface area contributed by atoms with E-state index < -0.39 is 23.7 Å². The molecule has 0 unspecified atom stereocenters. The fourth-order valence-corrected chi connectivity index (χ4v) is 4.82. The van der Waals surface area contributed by atoms with Crippen molar-refractivity contribution in [2.45, 2.75) is 36.1 Å². The van der Waals surface area contributed by atoms with Crippen molar-refractivity contribution in [1.82, 2.24) is 0 Å². The normalized spacial score (nSPS) is 13.4. The van der Waals surface area contributed by atoms with Crippen LogP contribution in [0, 0.1) is 5.82 Å². The summed E-state index contributed by atoms with van der Waals surface area (Å²) in [5.41, 5.74) is 1.63. The van der Waals surface area contributed by atoms with Gasteiger partial charge >= 0.3 is 5.97 Å². The minimum absolute atomic E-state index is 0.219. The number of anilines is 2. The molecule has 1 aliphatic heterocycles. The van der Waals surface area contributed by atoms with Gasteiger partial charge in [0.15, 0.2) is 0 Å². The van der Waals surface area contributed by atoms with Crippen molar-refractivity contribution in [3.8, 4) is 0 Å². The van der Waals surface area contributed by atoms with Gasteiger partial charge in [0.25, 0.3) is 5.91 Å². The van der Waals surface area contributed by atoms with E-state index in [-0.39, 0.29) is 12.5 Å². The number of hydrogen-bond acceptors (Lipinski definition) is 5. The van der Waals surface area contributed by atoms with E-state index in [1.54, 1.807) is 44.2 Å². The van der Waals surface area contributed by atoms with Crippen molar-refractivity contribution in [2.24, 2.45) is 0 Å². The van der Waals surface area contributed by atoms with Crippen molar-refractivity contribution >= 4 is 40.9 Å². The van der Waals surface area contributed by atoms with Gasteiger partial charge < -0.3 is 10.1 Å². The molecule has 0 aliphatic carbocycles. The summed E-state index contributed by atoms with van der Waals surface area (Å²) >= 11 is 1.40. The molecular formula is C26H23FN2O4S. The fourth-order valence-electron chi connectivity index (χ4n) is 3.78. The van der Waals surface area contributed by atoms with Crippen molar-refractivity contribution in [3.63, 3.8) is 0 Å². The number of amides is 2. The standard InChI is InChI=1S/C26H23FN2O4S/c1-3-20(24(30)28-18-12-10-17(27)11-13-18)29-21-15-16(26(32)33-4-2)9-14-23(21)34-22-8-6-5-7-19(22)25(29)31/h5-15,20H,3-4H2,1-2H3,(H,28,30)/t20-/m1/s1. The number of ether oxygens (including phenoxy) is 1. The summed E-state index contributed by atoms with van der Waals surface area (Å²) in [6.45, 7) is 3.74. The number of benzene rings is 3. The Morgan fingerprint density at radius 3 is 2.47 bits per heavy atom. The van der Waals surface area contributed by atoms with Crippen LogP contribution in [0.5, 0.6) is 0 Å². The summed E-state index contributed by atoms with van der Waals surface area (Å²) in [4.78, 5) is 42.5. The van der Waals surface area contributed by atoms with Gasteiger partial charge in [-0.25, -0.2) is 9.18 Å².